The molecule has 128 valence electrons. The predicted octanol–water partition coefficient (Wildman–Crippen LogP) is 3.52. The van der Waals surface area contributed by atoms with Crippen LogP contribution in [0.25, 0.3) is 0 Å². The lowest BCUT2D eigenvalue weighted by Crippen LogP contribution is -2.34. The van der Waals surface area contributed by atoms with E-state index in [-0.39, 0.29) is 0 Å². The van der Waals surface area contributed by atoms with E-state index in [9.17, 15) is 15.2 Å². The summed E-state index contributed by atoms with van der Waals surface area (Å²) in [5.41, 5.74) is 0.0770. The fourth-order valence-corrected chi connectivity index (χ4v) is 3.49. The lowest BCUT2D eigenvalue weighted by Gasteiger charge is -2.34. The van der Waals surface area contributed by atoms with Gasteiger partial charge in [-0.25, -0.2) is 0 Å². The van der Waals surface area contributed by atoms with Gasteiger partial charge in [0.15, 0.2) is 11.5 Å². The van der Waals surface area contributed by atoms with E-state index in [4.69, 9.17) is 9.47 Å². The highest BCUT2D eigenvalue weighted by atomic mass is 16.5. The first-order valence-corrected chi connectivity index (χ1v) is 8.53. The number of methoxy groups -OCH3 is 1. The summed E-state index contributed by atoms with van der Waals surface area (Å²) >= 11 is 0. The lowest BCUT2D eigenvalue weighted by molar-refractivity contribution is -0.143. The SMILES string of the molecule is COc1ccc([C@@]2(C#N)CCC[C@@H](C(=O)O)C2)cc1OCC1CC1. The summed E-state index contributed by atoms with van der Waals surface area (Å²) in [5.74, 6) is 0.644. The number of hydrogen-bond donors (Lipinski definition) is 1. The van der Waals surface area contributed by atoms with Crippen LogP contribution in [0.4, 0.5) is 0 Å². The van der Waals surface area contributed by atoms with E-state index in [1.54, 1.807) is 7.11 Å². The second kappa shape index (κ2) is 6.72. The summed E-state index contributed by atoms with van der Waals surface area (Å²) in [4.78, 5) is 11.4. The van der Waals surface area contributed by atoms with E-state index in [0.717, 1.165) is 12.0 Å². The minimum atomic E-state index is -0.812. The third-order valence-corrected chi connectivity index (χ3v) is 5.20. The van der Waals surface area contributed by atoms with Crippen LogP contribution in [0.1, 0.15) is 44.1 Å². The number of ether oxygens (including phenoxy) is 2. The van der Waals surface area contributed by atoms with Crippen LogP contribution in [0.15, 0.2) is 18.2 Å². The molecule has 0 aliphatic heterocycles. The third-order valence-electron chi connectivity index (χ3n) is 5.20. The van der Waals surface area contributed by atoms with Gasteiger partial charge in [0.1, 0.15) is 0 Å². The Kier molecular flexibility index (Phi) is 4.66. The van der Waals surface area contributed by atoms with Gasteiger partial charge < -0.3 is 14.6 Å². The van der Waals surface area contributed by atoms with Crippen molar-refractivity contribution in [2.75, 3.05) is 13.7 Å². The molecule has 5 nitrogen and oxygen atoms in total. The molecule has 1 aromatic carbocycles. The van der Waals surface area contributed by atoms with Gasteiger partial charge in [-0.15, -0.1) is 0 Å². The van der Waals surface area contributed by atoms with Gasteiger partial charge in [-0.2, -0.15) is 5.26 Å². The minimum Gasteiger partial charge on any atom is -0.493 e. The molecule has 5 heteroatoms. The Bertz CT molecular complexity index is 662. The first kappa shape index (κ1) is 16.6. The van der Waals surface area contributed by atoms with Gasteiger partial charge in [-0.05, 0) is 55.7 Å². The summed E-state index contributed by atoms with van der Waals surface area (Å²) in [6.07, 6.45) is 4.82. The Morgan fingerprint density at radius 1 is 1.38 bits per heavy atom. The van der Waals surface area contributed by atoms with Crippen LogP contribution in [-0.4, -0.2) is 24.8 Å². The van der Waals surface area contributed by atoms with Crippen molar-refractivity contribution in [1.82, 2.24) is 0 Å². The van der Waals surface area contributed by atoms with E-state index >= 15 is 0 Å². The van der Waals surface area contributed by atoms with Crippen molar-refractivity contribution in [2.45, 2.75) is 43.9 Å². The van der Waals surface area contributed by atoms with Gasteiger partial charge in [0.25, 0.3) is 0 Å². The number of hydrogen-bond acceptors (Lipinski definition) is 4. The second-order valence-electron chi connectivity index (χ2n) is 6.95. The smallest absolute Gasteiger partial charge is 0.306 e. The van der Waals surface area contributed by atoms with Gasteiger partial charge >= 0.3 is 5.97 Å². The summed E-state index contributed by atoms with van der Waals surface area (Å²) < 4.78 is 11.3. The molecule has 0 saturated heterocycles. The molecule has 0 aromatic heterocycles. The normalized spacial score (nSPS) is 26.4. The summed E-state index contributed by atoms with van der Waals surface area (Å²) in [6, 6.07) is 7.96. The van der Waals surface area contributed by atoms with E-state index in [0.29, 0.717) is 43.3 Å². The van der Waals surface area contributed by atoms with Crippen molar-refractivity contribution in [1.29, 1.82) is 5.26 Å². The molecule has 1 N–H and O–H groups in total. The Labute approximate surface area is 142 Å². The van der Waals surface area contributed by atoms with Crippen LogP contribution < -0.4 is 9.47 Å². The first-order chi connectivity index (χ1) is 11.6. The molecule has 2 fully saturated rings. The molecule has 3 rings (SSSR count). The van der Waals surface area contributed by atoms with Crippen molar-refractivity contribution in [3.63, 3.8) is 0 Å². The number of nitriles is 1. The topological polar surface area (TPSA) is 79.5 Å². The predicted molar refractivity (Wildman–Crippen MR) is 88.1 cm³/mol. The van der Waals surface area contributed by atoms with Crippen molar-refractivity contribution >= 4 is 5.97 Å². The fourth-order valence-electron chi connectivity index (χ4n) is 3.49. The highest BCUT2D eigenvalue weighted by molar-refractivity contribution is 5.70. The van der Waals surface area contributed by atoms with Gasteiger partial charge in [-0.1, -0.05) is 12.5 Å². The Hall–Kier alpha value is -2.22. The molecule has 0 amide bonds. The van der Waals surface area contributed by atoms with Gasteiger partial charge in [0, 0.05) is 0 Å². The molecule has 24 heavy (non-hydrogen) atoms. The molecular weight excluding hydrogens is 306 g/mol. The quantitative estimate of drug-likeness (QED) is 0.864. The van der Waals surface area contributed by atoms with Crippen molar-refractivity contribution in [2.24, 2.45) is 11.8 Å². The minimum absolute atomic E-state index is 0.354. The maximum absolute atomic E-state index is 11.4. The molecule has 0 spiro atoms. The molecule has 0 bridgehead atoms. The summed E-state index contributed by atoms with van der Waals surface area (Å²) in [6.45, 7) is 0.664. The fraction of sp³-hybridized carbons (Fsp3) is 0.579. The standard InChI is InChI=1S/C19H23NO4/c1-23-16-7-6-15(9-17(16)24-11-13-4-5-13)19(12-20)8-2-3-14(10-19)18(21)22/h6-7,9,13-14H,2-5,8,10-11H2,1H3,(H,21,22)/t14-,19+/m1/s1. The summed E-state index contributed by atoms with van der Waals surface area (Å²) in [7, 11) is 1.60. The third kappa shape index (κ3) is 3.33. The molecule has 2 saturated carbocycles. The molecule has 0 heterocycles. The van der Waals surface area contributed by atoms with E-state index in [1.807, 2.05) is 18.2 Å². The second-order valence-corrected chi connectivity index (χ2v) is 6.95. The van der Waals surface area contributed by atoms with E-state index in [2.05, 4.69) is 6.07 Å². The largest absolute Gasteiger partial charge is 0.493 e. The average Bonchev–Trinajstić information content (AvgIpc) is 3.44. The van der Waals surface area contributed by atoms with Crippen molar-refractivity contribution < 1.29 is 19.4 Å². The van der Waals surface area contributed by atoms with Crippen LogP contribution in [0.2, 0.25) is 0 Å². The van der Waals surface area contributed by atoms with E-state index < -0.39 is 17.3 Å². The van der Waals surface area contributed by atoms with Gasteiger partial charge in [0.2, 0.25) is 0 Å². The Balaban J connectivity index is 1.89. The van der Waals surface area contributed by atoms with Crippen LogP contribution >= 0.6 is 0 Å². The van der Waals surface area contributed by atoms with Crippen LogP contribution in [0, 0.1) is 23.2 Å². The van der Waals surface area contributed by atoms with Crippen LogP contribution in [0.5, 0.6) is 11.5 Å². The number of aliphatic carboxylic acids is 1. The Morgan fingerprint density at radius 3 is 2.79 bits per heavy atom. The highest BCUT2D eigenvalue weighted by Gasteiger charge is 2.41. The molecule has 1 aromatic rings. The number of benzene rings is 1. The molecule has 2 aliphatic carbocycles. The molecule has 0 radical (unpaired) electrons. The maximum atomic E-state index is 11.4. The Morgan fingerprint density at radius 2 is 2.17 bits per heavy atom. The number of carboxylic acids is 1. The number of rotatable bonds is 6. The average molecular weight is 329 g/mol. The molecule has 2 atom stereocenters. The van der Waals surface area contributed by atoms with Crippen LogP contribution in [0.3, 0.4) is 0 Å². The molecule has 0 unspecified atom stereocenters. The molecular formula is C19H23NO4. The number of nitrogens with zero attached hydrogens (tertiary/aromatic N) is 1. The molecule has 2 aliphatic rings. The van der Waals surface area contributed by atoms with Crippen molar-refractivity contribution in [3.8, 4) is 17.6 Å². The first-order valence-electron chi connectivity index (χ1n) is 8.53. The zero-order chi connectivity index (χ0) is 17.2. The number of carbonyl (C=O) groups is 1. The zero-order valence-corrected chi connectivity index (χ0v) is 14.0. The van der Waals surface area contributed by atoms with Crippen molar-refractivity contribution in [3.05, 3.63) is 23.8 Å². The maximum Gasteiger partial charge on any atom is 0.306 e. The summed E-state index contributed by atoms with van der Waals surface area (Å²) in [5, 5.41) is 19.2. The zero-order valence-electron chi connectivity index (χ0n) is 14.0. The number of carboxylic acid groups (broad SMARTS) is 1. The monoisotopic (exact) mass is 329 g/mol. The van der Waals surface area contributed by atoms with Gasteiger partial charge in [0.05, 0.1) is 31.1 Å². The van der Waals surface area contributed by atoms with Crippen LogP contribution in [-0.2, 0) is 10.2 Å². The van der Waals surface area contributed by atoms with Gasteiger partial charge in [-0.3, -0.25) is 4.79 Å². The van der Waals surface area contributed by atoms with E-state index in [1.165, 1.54) is 12.8 Å². The lowest BCUT2D eigenvalue weighted by atomic mass is 9.66. The highest BCUT2D eigenvalue weighted by Crippen LogP contribution is 2.44.